The van der Waals surface area contributed by atoms with Gasteiger partial charge in [-0.05, 0) is 25.0 Å². The van der Waals surface area contributed by atoms with Crippen LogP contribution in [0.4, 0.5) is 0 Å². The first-order valence-corrected chi connectivity index (χ1v) is 14.1. The maximum absolute atomic E-state index is 12.7. The second kappa shape index (κ2) is 8.91. The van der Waals surface area contributed by atoms with Crippen LogP contribution in [0.1, 0.15) is 43.4 Å². The highest BCUT2D eigenvalue weighted by Crippen LogP contribution is 2.33. The average Bonchev–Trinajstić information content (AvgIpc) is 3.21. The van der Waals surface area contributed by atoms with Gasteiger partial charge in [0.25, 0.3) is 0 Å². The summed E-state index contributed by atoms with van der Waals surface area (Å²) in [7, 11) is -6.89. The van der Waals surface area contributed by atoms with Crippen LogP contribution >= 0.6 is 0 Å². The van der Waals surface area contributed by atoms with Crippen LogP contribution in [0.3, 0.4) is 0 Å². The van der Waals surface area contributed by atoms with Gasteiger partial charge in [-0.1, -0.05) is 24.6 Å². The van der Waals surface area contributed by atoms with Crippen LogP contribution in [0.5, 0.6) is 0 Å². The number of sulfonamides is 1. The number of sulfone groups is 1. The van der Waals surface area contributed by atoms with Gasteiger partial charge in [0, 0.05) is 26.1 Å². The molecule has 2 aliphatic rings. The molecule has 10 nitrogen and oxygen atoms in total. The normalized spacial score (nSPS) is 20.2. The van der Waals surface area contributed by atoms with Crippen LogP contribution in [-0.2, 0) is 37.7 Å². The number of amides is 1. The Morgan fingerprint density at radius 3 is 2.50 bits per heavy atom. The largest absolute Gasteiger partial charge is 0.333 e. The van der Waals surface area contributed by atoms with Gasteiger partial charge in [0.05, 0.1) is 29.5 Å². The number of piperidine rings is 1. The molecule has 4 rings (SSSR count). The van der Waals surface area contributed by atoms with Gasteiger partial charge in [0.15, 0.2) is 21.5 Å². The highest BCUT2D eigenvalue weighted by Gasteiger charge is 2.36. The van der Waals surface area contributed by atoms with Gasteiger partial charge in [-0.25, -0.2) is 16.8 Å². The van der Waals surface area contributed by atoms with E-state index in [1.54, 1.807) is 23.1 Å². The first-order chi connectivity index (χ1) is 15.2. The molecular formula is C20H27N5O5S2. The fraction of sp³-hybridized carbons (Fsp3) is 0.550. The Kier molecular flexibility index (Phi) is 6.37. The van der Waals surface area contributed by atoms with Crippen molar-refractivity contribution in [3.8, 4) is 0 Å². The zero-order valence-corrected chi connectivity index (χ0v) is 19.6. The van der Waals surface area contributed by atoms with Crippen molar-refractivity contribution >= 4 is 25.8 Å². The Morgan fingerprint density at radius 2 is 1.78 bits per heavy atom. The molecule has 1 aromatic carbocycles. The number of carbonyl (C=O) groups is 1. The highest BCUT2D eigenvalue weighted by molar-refractivity contribution is 7.91. The van der Waals surface area contributed by atoms with Crippen molar-refractivity contribution in [2.24, 2.45) is 0 Å². The standard InChI is InChI=1S/C20H27N5O5S2/c1-31(27,28)25-11-6-5-9-17(25)20-22-21-18-15-23(12-13-24(18)20)19(26)10-14-32(29,30)16-7-3-2-4-8-16/h2-4,7-8,17H,5-6,9-15H2,1H3. The molecule has 0 bridgehead atoms. The van der Waals surface area contributed by atoms with Gasteiger partial charge in [-0.2, -0.15) is 4.31 Å². The van der Waals surface area contributed by atoms with Crippen LogP contribution < -0.4 is 0 Å². The number of rotatable bonds is 6. The molecule has 0 saturated carbocycles. The summed E-state index contributed by atoms with van der Waals surface area (Å²) < 4.78 is 52.7. The number of aromatic nitrogens is 3. The predicted molar refractivity (Wildman–Crippen MR) is 117 cm³/mol. The van der Waals surface area contributed by atoms with Gasteiger partial charge >= 0.3 is 0 Å². The zero-order chi connectivity index (χ0) is 22.9. The Morgan fingerprint density at radius 1 is 1.03 bits per heavy atom. The van der Waals surface area contributed by atoms with Crippen LogP contribution in [0.15, 0.2) is 35.2 Å². The molecule has 1 amide bonds. The molecule has 0 N–H and O–H groups in total. The molecule has 174 valence electrons. The summed E-state index contributed by atoms with van der Waals surface area (Å²) in [5.41, 5.74) is 0. The molecule has 1 aromatic heterocycles. The minimum atomic E-state index is -3.53. The number of nitrogens with zero attached hydrogens (tertiary/aromatic N) is 5. The zero-order valence-electron chi connectivity index (χ0n) is 17.9. The monoisotopic (exact) mass is 481 g/mol. The van der Waals surface area contributed by atoms with E-state index in [0.717, 1.165) is 12.8 Å². The third kappa shape index (κ3) is 4.71. The molecule has 2 aliphatic heterocycles. The van der Waals surface area contributed by atoms with Crippen molar-refractivity contribution < 1.29 is 21.6 Å². The summed E-state index contributed by atoms with van der Waals surface area (Å²) in [5, 5.41) is 8.49. The predicted octanol–water partition coefficient (Wildman–Crippen LogP) is 0.971. The molecule has 2 aromatic rings. The number of benzene rings is 1. The minimum absolute atomic E-state index is 0.108. The minimum Gasteiger partial charge on any atom is -0.333 e. The van der Waals surface area contributed by atoms with E-state index in [9.17, 15) is 21.6 Å². The van der Waals surface area contributed by atoms with E-state index in [1.165, 1.54) is 22.7 Å². The number of hydrogen-bond donors (Lipinski definition) is 0. The molecule has 1 saturated heterocycles. The third-order valence-corrected chi connectivity index (χ3v) is 9.02. The molecule has 1 unspecified atom stereocenters. The van der Waals surface area contributed by atoms with Gasteiger partial charge in [0.2, 0.25) is 15.9 Å². The summed E-state index contributed by atoms with van der Waals surface area (Å²) in [6.07, 6.45) is 3.52. The SMILES string of the molecule is CS(=O)(=O)N1CCCCC1c1nnc2n1CCN(C(=O)CCS(=O)(=O)c1ccccc1)C2. The molecule has 0 aliphatic carbocycles. The Hall–Kier alpha value is -2.31. The summed E-state index contributed by atoms with van der Waals surface area (Å²) in [5.74, 6) is 0.694. The lowest BCUT2D eigenvalue weighted by Crippen LogP contribution is -2.42. The lowest BCUT2D eigenvalue weighted by atomic mass is 10.0. The molecule has 1 fully saturated rings. The van der Waals surface area contributed by atoms with E-state index in [1.807, 2.05) is 4.57 Å². The summed E-state index contributed by atoms with van der Waals surface area (Å²) >= 11 is 0. The molecule has 0 radical (unpaired) electrons. The molecule has 3 heterocycles. The number of carbonyl (C=O) groups excluding carboxylic acids is 1. The van der Waals surface area contributed by atoms with Crippen LogP contribution in [-0.4, -0.2) is 71.8 Å². The highest BCUT2D eigenvalue weighted by atomic mass is 32.2. The lowest BCUT2D eigenvalue weighted by molar-refractivity contribution is -0.132. The average molecular weight is 482 g/mol. The van der Waals surface area contributed by atoms with E-state index in [4.69, 9.17) is 0 Å². The lowest BCUT2D eigenvalue weighted by Gasteiger charge is -2.34. The van der Waals surface area contributed by atoms with Crippen LogP contribution in [0, 0.1) is 0 Å². The van der Waals surface area contributed by atoms with Crippen molar-refractivity contribution in [1.29, 1.82) is 0 Å². The van der Waals surface area contributed by atoms with Gasteiger partial charge in [0.1, 0.15) is 0 Å². The smallest absolute Gasteiger partial charge is 0.224 e. The first-order valence-electron chi connectivity index (χ1n) is 10.6. The van der Waals surface area contributed by atoms with Crippen molar-refractivity contribution in [3.05, 3.63) is 42.0 Å². The number of hydrogen-bond acceptors (Lipinski definition) is 7. The van der Waals surface area contributed by atoms with Crippen molar-refractivity contribution in [1.82, 2.24) is 24.0 Å². The number of fused-ring (bicyclic) bond motifs is 1. The Balaban J connectivity index is 1.44. The fourth-order valence-corrected chi connectivity index (χ4v) is 6.70. The van der Waals surface area contributed by atoms with Crippen molar-refractivity contribution in [2.45, 2.75) is 49.7 Å². The van der Waals surface area contributed by atoms with Crippen LogP contribution in [0.2, 0.25) is 0 Å². The summed E-state index contributed by atoms with van der Waals surface area (Å²) in [6.45, 7) is 1.53. The second-order valence-corrected chi connectivity index (χ2v) is 12.3. The molecule has 12 heteroatoms. The van der Waals surface area contributed by atoms with E-state index in [0.29, 0.717) is 37.7 Å². The maximum atomic E-state index is 12.7. The van der Waals surface area contributed by atoms with Crippen LogP contribution in [0.25, 0.3) is 0 Å². The Bertz CT molecular complexity index is 1190. The Labute approximate surface area is 188 Å². The maximum Gasteiger partial charge on any atom is 0.224 e. The molecule has 1 atom stereocenters. The molecule has 32 heavy (non-hydrogen) atoms. The van der Waals surface area contributed by atoms with Gasteiger partial charge in [-0.15, -0.1) is 10.2 Å². The summed E-state index contributed by atoms with van der Waals surface area (Å²) in [6, 6.07) is 7.75. The molecule has 0 spiro atoms. The van der Waals surface area contributed by atoms with Crippen molar-refractivity contribution in [3.63, 3.8) is 0 Å². The van der Waals surface area contributed by atoms with E-state index in [2.05, 4.69) is 10.2 Å². The third-order valence-electron chi connectivity index (χ3n) is 6.00. The quantitative estimate of drug-likeness (QED) is 0.602. The van der Waals surface area contributed by atoms with E-state index >= 15 is 0 Å². The first kappa shape index (κ1) is 22.9. The summed E-state index contributed by atoms with van der Waals surface area (Å²) in [4.78, 5) is 14.5. The van der Waals surface area contributed by atoms with Gasteiger partial charge in [-0.3, -0.25) is 4.79 Å². The second-order valence-electron chi connectivity index (χ2n) is 8.21. The van der Waals surface area contributed by atoms with Crippen molar-refractivity contribution in [2.75, 3.05) is 25.1 Å². The topological polar surface area (TPSA) is 123 Å². The van der Waals surface area contributed by atoms with E-state index < -0.39 is 19.9 Å². The van der Waals surface area contributed by atoms with E-state index in [-0.39, 0.29) is 35.6 Å². The molecular weight excluding hydrogens is 454 g/mol. The fourth-order valence-electron chi connectivity index (χ4n) is 4.33. The van der Waals surface area contributed by atoms with Gasteiger partial charge < -0.3 is 9.47 Å².